The molecular weight excluding hydrogens is 180 g/mol. The minimum atomic E-state index is -0.200. The molecule has 0 radical (unpaired) electrons. The molecule has 0 spiro atoms. The van der Waals surface area contributed by atoms with Gasteiger partial charge in [0.05, 0.1) is 6.10 Å². The van der Waals surface area contributed by atoms with Crippen molar-refractivity contribution in [3.05, 3.63) is 22.4 Å². The van der Waals surface area contributed by atoms with Crippen LogP contribution in [-0.4, -0.2) is 11.2 Å². The Hall–Kier alpha value is -0.340. The Morgan fingerprint density at radius 1 is 1.54 bits per heavy atom. The van der Waals surface area contributed by atoms with Crippen LogP contribution in [-0.2, 0) is 6.42 Å². The number of rotatable bonds is 4. The van der Waals surface area contributed by atoms with Gasteiger partial charge in [0.25, 0.3) is 0 Å². The van der Waals surface area contributed by atoms with E-state index in [2.05, 4.69) is 30.7 Å². The van der Waals surface area contributed by atoms with Gasteiger partial charge in [-0.3, -0.25) is 0 Å². The first-order valence-electron chi connectivity index (χ1n) is 4.69. The van der Waals surface area contributed by atoms with Crippen molar-refractivity contribution in [2.75, 3.05) is 0 Å². The van der Waals surface area contributed by atoms with Crippen molar-refractivity contribution in [1.29, 1.82) is 0 Å². The zero-order valence-electron chi connectivity index (χ0n) is 8.58. The molecule has 0 amide bonds. The molecule has 1 atom stereocenters. The van der Waals surface area contributed by atoms with E-state index in [1.54, 1.807) is 11.3 Å². The molecule has 1 rings (SSSR count). The third-order valence-corrected chi connectivity index (χ3v) is 2.84. The van der Waals surface area contributed by atoms with Crippen LogP contribution in [0.2, 0.25) is 0 Å². The van der Waals surface area contributed by atoms with E-state index < -0.39 is 0 Å². The van der Waals surface area contributed by atoms with E-state index in [4.69, 9.17) is 0 Å². The number of thiophene rings is 1. The Morgan fingerprint density at radius 2 is 2.23 bits per heavy atom. The Morgan fingerprint density at radius 3 is 2.69 bits per heavy atom. The van der Waals surface area contributed by atoms with E-state index >= 15 is 0 Å². The molecule has 0 aliphatic rings. The summed E-state index contributed by atoms with van der Waals surface area (Å²) in [6, 6.07) is 2.16. The summed E-state index contributed by atoms with van der Waals surface area (Å²) in [5, 5.41) is 13.6. The Labute approximate surface area is 84.4 Å². The van der Waals surface area contributed by atoms with Crippen LogP contribution < -0.4 is 0 Å². The average Bonchev–Trinajstić information content (AvgIpc) is 2.34. The molecule has 74 valence electrons. The first-order chi connectivity index (χ1) is 5.99. The fourth-order valence-corrected chi connectivity index (χ4v) is 2.49. The Balaban J connectivity index is 2.51. The lowest BCUT2D eigenvalue weighted by Crippen LogP contribution is -2.20. The quantitative estimate of drug-likeness (QED) is 0.788. The highest BCUT2D eigenvalue weighted by Gasteiger charge is 2.20. The van der Waals surface area contributed by atoms with Crippen molar-refractivity contribution >= 4 is 11.3 Å². The molecule has 1 aromatic heterocycles. The number of aliphatic hydroxyl groups is 1. The molecule has 0 aliphatic carbocycles. The number of hydrogen-bond acceptors (Lipinski definition) is 2. The van der Waals surface area contributed by atoms with Gasteiger partial charge in [-0.2, -0.15) is 11.3 Å². The van der Waals surface area contributed by atoms with E-state index in [0.29, 0.717) is 0 Å². The van der Waals surface area contributed by atoms with Gasteiger partial charge in [-0.25, -0.2) is 0 Å². The van der Waals surface area contributed by atoms with Crippen molar-refractivity contribution in [3.63, 3.8) is 0 Å². The maximum atomic E-state index is 9.32. The van der Waals surface area contributed by atoms with E-state index in [1.165, 1.54) is 5.56 Å². The van der Waals surface area contributed by atoms with E-state index in [0.717, 1.165) is 12.8 Å². The molecule has 1 nitrogen and oxygen atoms in total. The van der Waals surface area contributed by atoms with Gasteiger partial charge in [0.15, 0.2) is 0 Å². The molecule has 0 aromatic carbocycles. The molecule has 0 saturated heterocycles. The van der Waals surface area contributed by atoms with Gasteiger partial charge in [0, 0.05) is 0 Å². The second-order valence-corrected chi connectivity index (χ2v) is 5.31. The molecule has 0 fully saturated rings. The van der Waals surface area contributed by atoms with E-state index in [1.807, 2.05) is 6.92 Å². The van der Waals surface area contributed by atoms with Crippen LogP contribution in [0.5, 0.6) is 0 Å². The summed E-state index contributed by atoms with van der Waals surface area (Å²) in [4.78, 5) is 0. The molecule has 1 aromatic rings. The minimum Gasteiger partial charge on any atom is -0.393 e. The maximum Gasteiger partial charge on any atom is 0.0517 e. The summed E-state index contributed by atoms with van der Waals surface area (Å²) < 4.78 is 0. The molecule has 0 bridgehead atoms. The lowest BCUT2D eigenvalue weighted by molar-refractivity contribution is 0.129. The zero-order chi connectivity index (χ0) is 9.90. The highest BCUT2D eigenvalue weighted by atomic mass is 32.1. The van der Waals surface area contributed by atoms with Crippen LogP contribution in [0.3, 0.4) is 0 Å². The molecular formula is C11H18OS. The van der Waals surface area contributed by atoms with Crippen LogP contribution in [0, 0.1) is 5.41 Å². The third kappa shape index (κ3) is 3.92. The van der Waals surface area contributed by atoms with E-state index in [9.17, 15) is 5.11 Å². The van der Waals surface area contributed by atoms with Crippen LogP contribution in [0.25, 0.3) is 0 Å². The minimum absolute atomic E-state index is 0.200. The summed E-state index contributed by atoms with van der Waals surface area (Å²) in [5.74, 6) is 0. The molecule has 1 heterocycles. The summed E-state index contributed by atoms with van der Waals surface area (Å²) in [5.41, 5.74) is 1.59. The van der Waals surface area contributed by atoms with E-state index in [-0.39, 0.29) is 11.5 Å². The fourth-order valence-electron chi connectivity index (χ4n) is 1.82. The van der Waals surface area contributed by atoms with Crippen molar-refractivity contribution in [2.45, 2.75) is 39.7 Å². The second-order valence-electron chi connectivity index (χ2n) is 4.53. The largest absolute Gasteiger partial charge is 0.393 e. The maximum absolute atomic E-state index is 9.32. The lowest BCUT2D eigenvalue weighted by Gasteiger charge is -2.25. The highest BCUT2D eigenvalue weighted by molar-refractivity contribution is 7.07. The van der Waals surface area contributed by atoms with Crippen LogP contribution in [0.4, 0.5) is 0 Å². The molecule has 13 heavy (non-hydrogen) atoms. The van der Waals surface area contributed by atoms with Crippen molar-refractivity contribution < 1.29 is 5.11 Å². The number of aliphatic hydroxyl groups excluding tert-OH is 1. The zero-order valence-corrected chi connectivity index (χ0v) is 9.40. The second kappa shape index (κ2) is 4.25. The van der Waals surface area contributed by atoms with Gasteiger partial charge in [-0.05, 0) is 47.6 Å². The van der Waals surface area contributed by atoms with Gasteiger partial charge in [0.2, 0.25) is 0 Å². The summed E-state index contributed by atoms with van der Waals surface area (Å²) >= 11 is 1.74. The Bertz CT molecular complexity index is 237. The normalized spacial score (nSPS) is 14.5. The van der Waals surface area contributed by atoms with Gasteiger partial charge >= 0.3 is 0 Å². The molecule has 2 heteroatoms. The van der Waals surface area contributed by atoms with Crippen molar-refractivity contribution in [1.82, 2.24) is 0 Å². The molecule has 1 unspecified atom stereocenters. The predicted molar refractivity (Wildman–Crippen MR) is 58.1 cm³/mol. The van der Waals surface area contributed by atoms with Gasteiger partial charge < -0.3 is 5.11 Å². The first kappa shape index (κ1) is 10.7. The van der Waals surface area contributed by atoms with Crippen molar-refractivity contribution in [3.8, 4) is 0 Å². The third-order valence-electron chi connectivity index (χ3n) is 2.11. The standard InChI is InChI=1S/C11H18OS/c1-9(12)6-11(2,3)7-10-4-5-13-8-10/h4-5,8-9,12H,6-7H2,1-3H3. The Kier molecular flexibility index (Phi) is 3.51. The summed E-state index contributed by atoms with van der Waals surface area (Å²) in [6.45, 7) is 6.27. The molecule has 1 N–H and O–H groups in total. The van der Waals surface area contributed by atoms with Gasteiger partial charge in [-0.1, -0.05) is 13.8 Å². The molecule has 0 aliphatic heterocycles. The van der Waals surface area contributed by atoms with Crippen molar-refractivity contribution in [2.24, 2.45) is 5.41 Å². The summed E-state index contributed by atoms with van der Waals surface area (Å²) in [6.07, 6.45) is 1.72. The summed E-state index contributed by atoms with van der Waals surface area (Å²) in [7, 11) is 0. The monoisotopic (exact) mass is 198 g/mol. The first-order valence-corrected chi connectivity index (χ1v) is 5.63. The smallest absolute Gasteiger partial charge is 0.0517 e. The van der Waals surface area contributed by atoms with Crippen LogP contribution in [0.15, 0.2) is 16.8 Å². The van der Waals surface area contributed by atoms with Crippen LogP contribution in [0.1, 0.15) is 32.8 Å². The highest BCUT2D eigenvalue weighted by Crippen LogP contribution is 2.28. The van der Waals surface area contributed by atoms with Crippen LogP contribution >= 0.6 is 11.3 Å². The lowest BCUT2D eigenvalue weighted by atomic mass is 9.82. The number of hydrogen-bond donors (Lipinski definition) is 1. The SMILES string of the molecule is CC(O)CC(C)(C)Cc1ccsc1. The van der Waals surface area contributed by atoms with Gasteiger partial charge in [0.1, 0.15) is 0 Å². The topological polar surface area (TPSA) is 20.2 Å². The molecule has 0 saturated carbocycles. The fraction of sp³-hybridized carbons (Fsp3) is 0.636. The van der Waals surface area contributed by atoms with Gasteiger partial charge in [-0.15, -0.1) is 0 Å². The predicted octanol–water partition coefficient (Wildman–Crippen LogP) is 3.09. The average molecular weight is 198 g/mol.